The van der Waals surface area contributed by atoms with E-state index in [0.29, 0.717) is 19.6 Å². The smallest absolute Gasteiger partial charge is 0.241 e. The molecule has 2 atom stereocenters. The Balaban J connectivity index is 1.94. The molecule has 5 nitrogen and oxygen atoms in total. The number of nitrogens with zero attached hydrogens (tertiary/aromatic N) is 1. The van der Waals surface area contributed by atoms with E-state index >= 15 is 0 Å². The number of hydrogen-bond acceptors (Lipinski definition) is 5. The van der Waals surface area contributed by atoms with Crippen molar-refractivity contribution >= 4 is 17.2 Å². The van der Waals surface area contributed by atoms with Crippen molar-refractivity contribution in [3.8, 4) is 0 Å². The van der Waals surface area contributed by atoms with Crippen LogP contribution in [-0.4, -0.2) is 29.1 Å². The van der Waals surface area contributed by atoms with E-state index in [4.69, 9.17) is 10.5 Å². The second-order valence-corrected chi connectivity index (χ2v) is 7.30. The lowest BCUT2D eigenvalue weighted by molar-refractivity contribution is -0.170. The Morgan fingerprint density at radius 2 is 2.29 bits per heavy atom. The molecular formula is C15H25N3O2S. The zero-order valence-corrected chi connectivity index (χ0v) is 14.0. The molecule has 0 aromatic carbocycles. The Morgan fingerprint density at radius 1 is 1.57 bits per heavy atom. The number of amides is 1. The highest BCUT2D eigenvalue weighted by atomic mass is 32.1. The summed E-state index contributed by atoms with van der Waals surface area (Å²) in [5.74, 6) is -0.114. The van der Waals surface area contributed by atoms with Gasteiger partial charge in [-0.15, -0.1) is 11.3 Å². The van der Waals surface area contributed by atoms with Gasteiger partial charge in [-0.05, 0) is 13.3 Å². The van der Waals surface area contributed by atoms with Gasteiger partial charge in [-0.2, -0.15) is 0 Å². The van der Waals surface area contributed by atoms with Gasteiger partial charge in [0.15, 0.2) is 0 Å². The summed E-state index contributed by atoms with van der Waals surface area (Å²) in [5.41, 5.74) is 5.11. The van der Waals surface area contributed by atoms with Gasteiger partial charge < -0.3 is 15.8 Å². The van der Waals surface area contributed by atoms with E-state index in [1.165, 1.54) is 4.88 Å². The minimum Gasteiger partial charge on any atom is -0.378 e. The van der Waals surface area contributed by atoms with Gasteiger partial charge >= 0.3 is 0 Å². The zero-order chi connectivity index (χ0) is 15.7. The fourth-order valence-electron chi connectivity index (χ4n) is 2.73. The van der Waals surface area contributed by atoms with Gasteiger partial charge in [0.05, 0.1) is 12.6 Å². The van der Waals surface area contributed by atoms with Crippen molar-refractivity contribution in [3.05, 3.63) is 16.1 Å². The predicted octanol–water partition coefficient (Wildman–Crippen LogP) is 1.85. The van der Waals surface area contributed by atoms with Gasteiger partial charge in [0.1, 0.15) is 10.5 Å². The molecule has 1 saturated carbocycles. The molecule has 1 aromatic heterocycles. The normalized spacial score (nSPS) is 27.2. The molecule has 1 aliphatic rings. The van der Waals surface area contributed by atoms with Crippen LogP contribution in [0.15, 0.2) is 6.20 Å². The topological polar surface area (TPSA) is 77.2 Å². The van der Waals surface area contributed by atoms with Crippen molar-refractivity contribution in [3.63, 3.8) is 0 Å². The first-order valence-corrected chi connectivity index (χ1v) is 8.29. The van der Waals surface area contributed by atoms with Gasteiger partial charge in [0.2, 0.25) is 5.91 Å². The van der Waals surface area contributed by atoms with Crippen LogP contribution in [0.4, 0.5) is 0 Å². The Morgan fingerprint density at radius 3 is 2.81 bits per heavy atom. The molecule has 1 fully saturated rings. The Labute approximate surface area is 130 Å². The van der Waals surface area contributed by atoms with Crippen LogP contribution in [0.25, 0.3) is 0 Å². The second kappa shape index (κ2) is 6.02. The lowest BCUT2D eigenvalue weighted by Crippen LogP contribution is -2.75. The Kier molecular flexibility index (Phi) is 4.70. The first-order valence-electron chi connectivity index (χ1n) is 7.47. The standard InChI is InChI=1S/C15H25N3O2S/c1-5-10-8-17-12(21-10)9-18-13(19)15(16)7-11(20-6-2)14(15,3)4/h8,11H,5-7,9,16H2,1-4H3,(H,18,19). The number of carbonyl (C=O) groups is 1. The number of aromatic nitrogens is 1. The average molecular weight is 311 g/mol. The van der Waals surface area contributed by atoms with Crippen LogP contribution in [0.2, 0.25) is 0 Å². The van der Waals surface area contributed by atoms with E-state index < -0.39 is 5.54 Å². The number of rotatable bonds is 6. The number of hydrogen-bond donors (Lipinski definition) is 2. The fraction of sp³-hybridized carbons (Fsp3) is 0.733. The molecule has 21 heavy (non-hydrogen) atoms. The minimum atomic E-state index is -0.863. The molecule has 2 rings (SSSR count). The van der Waals surface area contributed by atoms with Crippen molar-refractivity contribution in [1.82, 2.24) is 10.3 Å². The third-order valence-electron chi connectivity index (χ3n) is 4.59. The molecule has 1 heterocycles. The lowest BCUT2D eigenvalue weighted by atomic mass is 9.54. The van der Waals surface area contributed by atoms with Crippen LogP contribution in [0.5, 0.6) is 0 Å². The molecular weight excluding hydrogens is 286 g/mol. The number of aryl methyl sites for hydroxylation is 1. The van der Waals surface area contributed by atoms with Crippen LogP contribution < -0.4 is 11.1 Å². The van der Waals surface area contributed by atoms with Crippen LogP contribution in [0.1, 0.15) is 44.0 Å². The summed E-state index contributed by atoms with van der Waals surface area (Å²) in [6, 6.07) is 0. The molecule has 3 N–H and O–H groups in total. The predicted molar refractivity (Wildman–Crippen MR) is 84.1 cm³/mol. The largest absolute Gasteiger partial charge is 0.378 e. The number of nitrogens with one attached hydrogen (secondary N) is 1. The van der Waals surface area contributed by atoms with Crippen LogP contribution >= 0.6 is 11.3 Å². The summed E-state index contributed by atoms with van der Waals surface area (Å²) in [6.45, 7) is 9.13. The van der Waals surface area contributed by atoms with Crippen molar-refractivity contribution < 1.29 is 9.53 Å². The molecule has 0 aliphatic heterocycles. The Bertz CT molecular complexity index is 515. The maximum absolute atomic E-state index is 12.4. The molecule has 6 heteroatoms. The van der Waals surface area contributed by atoms with E-state index in [1.807, 2.05) is 27.0 Å². The SMILES string of the molecule is CCOC1CC(N)(C(=O)NCc2ncc(CC)s2)C1(C)C. The van der Waals surface area contributed by atoms with Gasteiger partial charge in [-0.25, -0.2) is 4.98 Å². The average Bonchev–Trinajstić information content (AvgIpc) is 2.92. The highest BCUT2D eigenvalue weighted by molar-refractivity contribution is 7.11. The van der Waals surface area contributed by atoms with Gasteiger partial charge in [-0.1, -0.05) is 20.8 Å². The quantitative estimate of drug-likeness (QED) is 0.840. The summed E-state index contributed by atoms with van der Waals surface area (Å²) in [6.07, 6.45) is 3.44. The maximum atomic E-state index is 12.4. The minimum absolute atomic E-state index is 0.0461. The molecule has 1 amide bonds. The summed E-state index contributed by atoms with van der Waals surface area (Å²) < 4.78 is 5.65. The van der Waals surface area contributed by atoms with E-state index in [0.717, 1.165) is 11.4 Å². The van der Waals surface area contributed by atoms with E-state index in [9.17, 15) is 4.79 Å². The van der Waals surface area contributed by atoms with Crippen molar-refractivity contribution in [2.75, 3.05) is 6.61 Å². The van der Waals surface area contributed by atoms with Crippen molar-refractivity contribution in [1.29, 1.82) is 0 Å². The highest BCUT2D eigenvalue weighted by Gasteiger charge is 2.62. The summed E-state index contributed by atoms with van der Waals surface area (Å²) in [5, 5.41) is 3.84. The molecule has 1 aliphatic carbocycles. The van der Waals surface area contributed by atoms with Crippen molar-refractivity contribution in [2.45, 2.75) is 58.7 Å². The third kappa shape index (κ3) is 2.84. The molecule has 0 radical (unpaired) electrons. The number of thiazole rings is 1. The molecule has 0 bridgehead atoms. The molecule has 118 valence electrons. The van der Waals surface area contributed by atoms with Gasteiger partial charge in [0.25, 0.3) is 0 Å². The van der Waals surface area contributed by atoms with Crippen molar-refractivity contribution in [2.24, 2.45) is 11.1 Å². The van der Waals surface area contributed by atoms with Crippen LogP contribution in [-0.2, 0) is 22.5 Å². The first-order chi connectivity index (χ1) is 9.85. The lowest BCUT2D eigenvalue weighted by Gasteiger charge is -2.57. The highest BCUT2D eigenvalue weighted by Crippen LogP contribution is 2.49. The maximum Gasteiger partial charge on any atom is 0.241 e. The van der Waals surface area contributed by atoms with Gasteiger partial charge in [0, 0.05) is 29.5 Å². The van der Waals surface area contributed by atoms with E-state index in [-0.39, 0.29) is 17.4 Å². The van der Waals surface area contributed by atoms with E-state index in [2.05, 4.69) is 17.2 Å². The van der Waals surface area contributed by atoms with Crippen LogP contribution in [0.3, 0.4) is 0 Å². The zero-order valence-electron chi connectivity index (χ0n) is 13.2. The number of carbonyl (C=O) groups excluding carboxylic acids is 1. The number of ether oxygens (including phenoxy) is 1. The molecule has 0 saturated heterocycles. The second-order valence-electron chi connectivity index (χ2n) is 6.10. The summed E-state index contributed by atoms with van der Waals surface area (Å²) in [7, 11) is 0. The fourth-order valence-corrected chi connectivity index (χ4v) is 3.53. The molecule has 1 aromatic rings. The summed E-state index contributed by atoms with van der Waals surface area (Å²) in [4.78, 5) is 18.0. The van der Waals surface area contributed by atoms with Crippen LogP contribution in [0, 0.1) is 5.41 Å². The molecule has 2 unspecified atom stereocenters. The van der Waals surface area contributed by atoms with Gasteiger partial charge in [-0.3, -0.25) is 4.79 Å². The first kappa shape index (κ1) is 16.4. The Hall–Kier alpha value is -0.980. The van der Waals surface area contributed by atoms with E-state index in [1.54, 1.807) is 11.3 Å². The monoisotopic (exact) mass is 311 g/mol. The molecule has 0 spiro atoms. The third-order valence-corrected chi connectivity index (χ3v) is 5.73. The number of nitrogens with two attached hydrogens (primary N) is 1. The summed E-state index contributed by atoms with van der Waals surface area (Å²) >= 11 is 1.63.